The van der Waals surface area contributed by atoms with Crippen molar-refractivity contribution in [1.82, 2.24) is 5.32 Å². The maximum Gasteiger partial charge on any atom is 0.123 e. The molecule has 1 nitrogen and oxygen atoms in total. The van der Waals surface area contributed by atoms with E-state index in [-0.39, 0.29) is 6.04 Å². The summed E-state index contributed by atoms with van der Waals surface area (Å²) in [5.41, 5.74) is -0.958. The van der Waals surface area contributed by atoms with Crippen LogP contribution >= 0.6 is 0 Å². The van der Waals surface area contributed by atoms with Crippen molar-refractivity contribution in [1.29, 1.82) is 0 Å². The molecule has 2 atom stereocenters. The molecule has 0 aromatic rings. The fraction of sp³-hybridized carbons (Fsp3) is 1.00. The third kappa shape index (κ3) is 2.10. The lowest BCUT2D eigenvalue weighted by molar-refractivity contribution is 0.0443. The van der Waals surface area contributed by atoms with Crippen LogP contribution in [-0.4, -0.2) is 18.3 Å². The Morgan fingerprint density at radius 2 is 1.86 bits per heavy atom. The summed E-state index contributed by atoms with van der Waals surface area (Å²) in [7, 11) is 0. The second kappa shape index (κ2) is 4.18. The average Bonchev–Trinajstić information content (AvgIpc) is 2.18. The Balaban J connectivity index is 1.99. The summed E-state index contributed by atoms with van der Waals surface area (Å²) >= 11 is 0. The van der Waals surface area contributed by atoms with Gasteiger partial charge in [0.25, 0.3) is 0 Å². The number of rotatable bonds is 1. The van der Waals surface area contributed by atoms with Gasteiger partial charge in [-0.2, -0.15) is 0 Å². The molecule has 1 heterocycles. The van der Waals surface area contributed by atoms with E-state index in [0.29, 0.717) is 5.92 Å². The van der Waals surface area contributed by atoms with E-state index >= 15 is 0 Å². The minimum Gasteiger partial charge on any atom is -0.311 e. The summed E-state index contributed by atoms with van der Waals surface area (Å²) in [6.07, 6.45) is 8.18. The summed E-state index contributed by atoms with van der Waals surface area (Å²) < 4.78 is 14.3. The predicted molar refractivity (Wildman–Crippen MR) is 57.1 cm³/mol. The molecule has 2 aliphatic rings. The van der Waals surface area contributed by atoms with Crippen molar-refractivity contribution in [3.05, 3.63) is 0 Å². The molecule has 2 heteroatoms. The number of halogens is 1. The molecule has 0 aromatic heterocycles. The maximum absolute atomic E-state index is 14.3. The van der Waals surface area contributed by atoms with Gasteiger partial charge in [-0.25, -0.2) is 4.39 Å². The Hall–Kier alpha value is -0.110. The highest BCUT2D eigenvalue weighted by atomic mass is 19.1. The zero-order valence-corrected chi connectivity index (χ0v) is 9.19. The molecule has 2 unspecified atom stereocenters. The molecular weight excluding hydrogens is 177 g/mol. The van der Waals surface area contributed by atoms with Crippen molar-refractivity contribution < 1.29 is 4.39 Å². The summed E-state index contributed by atoms with van der Waals surface area (Å²) in [5.74, 6) is 0.596. The highest BCUT2D eigenvalue weighted by Gasteiger charge is 2.41. The van der Waals surface area contributed by atoms with Crippen LogP contribution in [-0.2, 0) is 0 Å². The third-order valence-corrected chi connectivity index (χ3v) is 3.98. The fourth-order valence-corrected chi connectivity index (χ4v) is 3.19. The fourth-order valence-electron chi connectivity index (χ4n) is 3.19. The molecule has 0 spiro atoms. The molecule has 1 aliphatic carbocycles. The van der Waals surface area contributed by atoms with Gasteiger partial charge in [0.2, 0.25) is 0 Å². The first-order valence-electron chi connectivity index (χ1n) is 6.12. The van der Waals surface area contributed by atoms with Crippen LogP contribution in [0.5, 0.6) is 0 Å². The Kier molecular flexibility index (Phi) is 3.10. The standard InChI is InChI=1S/C12H22FN/c1-12(13)8-5-9-14-11(12)10-6-3-2-4-7-10/h10-11,14H,2-9H2,1H3. The summed E-state index contributed by atoms with van der Waals surface area (Å²) in [6, 6.07) is 0.136. The van der Waals surface area contributed by atoms with Crippen molar-refractivity contribution in [2.24, 2.45) is 5.92 Å². The summed E-state index contributed by atoms with van der Waals surface area (Å²) in [4.78, 5) is 0. The van der Waals surface area contributed by atoms with Crippen molar-refractivity contribution in [2.75, 3.05) is 6.54 Å². The Bertz CT molecular complexity index is 185. The number of nitrogens with one attached hydrogen (secondary N) is 1. The van der Waals surface area contributed by atoms with Crippen molar-refractivity contribution in [3.63, 3.8) is 0 Å². The minimum atomic E-state index is -0.958. The van der Waals surface area contributed by atoms with Gasteiger partial charge in [0.05, 0.1) is 0 Å². The van der Waals surface area contributed by atoms with Crippen LogP contribution in [0.3, 0.4) is 0 Å². The molecular formula is C12H22FN. The molecule has 2 rings (SSSR count). The molecule has 1 saturated carbocycles. The summed E-state index contributed by atoms with van der Waals surface area (Å²) in [6.45, 7) is 2.80. The van der Waals surface area contributed by atoms with E-state index in [4.69, 9.17) is 0 Å². The van der Waals surface area contributed by atoms with Gasteiger partial charge in [-0.1, -0.05) is 19.3 Å². The molecule has 0 radical (unpaired) electrons. The van der Waals surface area contributed by atoms with Crippen molar-refractivity contribution >= 4 is 0 Å². The molecule has 0 amide bonds. The lowest BCUT2D eigenvalue weighted by Crippen LogP contribution is -2.54. The molecule has 0 bridgehead atoms. The van der Waals surface area contributed by atoms with E-state index in [1.54, 1.807) is 6.92 Å². The number of hydrogen-bond acceptors (Lipinski definition) is 1. The van der Waals surface area contributed by atoms with Gasteiger partial charge in [0, 0.05) is 6.04 Å². The Labute approximate surface area is 86.5 Å². The van der Waals surface area contributed by atoms with Crippen LogP contribution in [0.2, 0.25) is 0 Å². The van der Waals surface area contributed by atoms with Gasteiger partial charge in [-0.3, -0.25) is 0 Å². The number of piperidine rings is 1. The van der Waals surface area contributed by atoms with Gasteiger partial charge in [-0.15, -0.1) is 0 Å². The van der Waals surface area contributed by atoms with Gasteiger partial charge in [0.15, 0.2) is 0 Å². The first kappa shape index (κ1) is 10.4. The third-order valence-electron chi connectivity index (χ3n) is 3.98. The van der Waals surface area contributed by atoms with E-state index in [2.05, 4.69) is 5.32 Å². The largest absolute Gasteiger partial charge is 0.311 e. The second-order valence-electron chi connectivity index (χ2n) is 5.21. The van der Waals surface area contributed by atoms with E-state index in [0.717, 1.165) is 19.4 Å². The lowest BCUT2D eigenvalue weighted by Gasteiger charge is -2.42. The van der Waals surface area contributed by atoms with Gasteiger partial charge in [0.1, 0.15) is 5.67 Å². The van der Waals surface area contributed by atoms with E-state index < -0.39 is 5.67 Å². The van der Waals surface area contributed by atoms with Crippen LogP contribution in [0.4, 0.5) is 4.39 Å². The lowest BCUT2D eigenvalue weighted by atomic mass is 9.75. The number of hydrogen-bond donors (Lipinski definition) is 1. The highest BCUT2D eigenvalue weighted by Crippen LogP contribution is 2.36. The maximum atomic E-state index is 14.3. The SMILES string of the molecule is CC1(F)CCCNC1C1CCCCC1. The zero-order chi connectivity index (χ0) is 10.0. The first-order chi connectivity index (χ1) is 6.70. The first-order valence-corrected chi connectivity index (χ1v) is 6.12. The monoisotopic (exact) mass is 199 g/mol. The molecule has 2 fully saturated rings. The Morgan fingerprint density at radius 1 is 1.14 bits per heavy atom. The topological polar surface area (TPSA) is 12.0 Å². The van der Waals surface area contributed by atoms with E-state index in [1.165, 1.54) is 32.1 Å². The van der Waals surface area contributed by atoms with Crippen LogP contribution in [0.1, 0.15) is 51.9 Å². The molecule has 0 aromatic carbocycles. The van der Waals surface area contributed by atoms with Gasteiger partial charge in [-0.05, 0) is 45.1 Å². The molecule has 14 heavy (non-hydrogen) atoms. The quantitative estimate of drug-likeness (QED) is 0.684. The van der Waals surface area contributed by atoms with Crippen molar-refractivity contribution in [3.8, 4) is 0 Å². The van der Waals surface area contributed by atoms with Crippen LogP contribution in [0, 0.1) is 5.92 Å². The van der Waals surface area contributed by atoms with Gasteiger partial charge >= 0.3 is 0 Å². The van der Waals surface area contributed by atoms with E-state index in [9.17, 15) is 4.39 Å². The normalized spacial score (nSPS) is 41.1. The molecule has 1 saturated heterocycles. The highest BCUT2D eigenvalue weighted by molar-refractivity contribution is 4.96. The summed E-state index contributed by atoms with van der Waals surface area (Å²) in [5, 5.41) is 3.40. The molecule has 82 valence electrons. The molecule has 1 aliphatic heterocycles. The predicted octanol–water partition coefficient (Wildman–Crippen LogP) is 3.05. The zero-order valence-electron chi connectivity index (χ0n) is 9.19. The van der Waals surface area contributed by atoms with Crippen LogP contribution in [0.25, 0.3) is 0 Å². The van der Waals surface area contributed by atoms with Crippen LogP contribution in [0.15, 0.2) is 0 Å². The average molecular weight is 199 g/mol. The smallest absolute Gasteiger partial charge is 0.123 e. The van der Waals surface area contributed by atoms with Crippen LogP contribution < -0.4 is 5.32 Å². The van der Waals surface area contributed by atoms with Gasteiger partial charge < -0.3 is 5.32 Å². The molecule has 1 N–H and O–H groups in total. The van der Waals surface area contributed by atoms with Crippen molar-refractivity contribution in [2.45, 2.75) is 63.6 Å². The minimum absolute atomic E-state index is 0.136. The second-order valence-corrected chi connectivity index (χ2v) is 5.21. The Morgan fingerprint density at radius 3 is 2.50 bits per heavy atom. The number of alkyl halides is 1. The van der Waals surface area contributed by atoms with E-state index in [1.807, 2.05) is 0 Å².